The van der Waals surface area contributed by atoms with Crippen molar-refractivity contribution in [3.63, 3.8) is 0 Å². The Hall–Kier alpha value is -2.11. The van der Waals surface area contributed by atoms with E-state index in [4.69, 9.17) is 10.5 Å². The van der Waals surface area contributed by atoms with Crippen LogP contribution < -0.4 is 10.5 Å². The molecule has 0 aromatic heterocycles. The van der Waals surface area contributed by atoms with Crippen LogP contribution in [0.4, 0.5) is 9.18 Å². The van der Waals surface area contributed by atoms with Crippen molar-refractivity contribution in [2.45, 2.75) is 12.5 Å². The molecule has 2 N–H and O–H groups in total. The number of amides is 2. The second-order valence-corrected chi connectivity index (χ2v) is 3.73. The van der Waals surface area contributed by atoms with Gasteiger partial charge in [0.15, 0.2) is 0 Å². The lowest BCUT2D eigenvalue weighted by molar-refractivity contribution is -0.126. The Bertz CT molecular complexity index is 464. The average Bonchev–Trinajstić information content (AvgIpc) is 2.13. The summed E-state index contributed by atoms with van der Waals surface area (Å²) >= 11 is 0. The first-order valence-electron chi connectivity index (χ1n) is 5.11. The maximum Gasteiger partial charge on any atom is 0.415 e. The minimum atomic E-state index is -0.689. The van der Waals surface area contributed by atoms with Gasteiger partial charge in [-0.1, -0.05) is 6.07 Å². The van der Waals surface area contributed by atoms with Gasteiger partial charge in [-0.15, -0.1) is 0 Å². The number of rotatable bonds is 2. The highest BCUT2D eigenvalue weighted by molar-refractivity contribution is 5.86. The predicted octanol–water partition coefficient (Wildman–Crippen LogP) is 0.884. The van der Waals surface area contributed by atoms with Gasteiger partial charge in [0, 0.05) is 12.6 Å². The molecule has 1 aliphatic rings. The molecule has 6 heteroatoms. The predicted molar refractivity (Wildman–Crippen MR) is 56.7 cm³/mol. The fourth-order valence-corrected chi connectivity index (χ4v) is 1.59. The average molecular weight is 238 g/mol. The lowest BCUT2D eigenvalue weighted by Gasteiger charge is -2.37. The maximum atomic E-state index is 12.8. The first-order valence-corrected chi connectivity index (χ1v) is 5.11. The van der Waals surface area contributed by atoms with Gasteiger partial charge in [0.1, 0.15) is 17.6 Å². The van der Waals surface area contributed by atoms with E-state index in [-0.39, 0.29) is 5.75 Å². The van der Waals surface area contributed by atoms with Crippen LogP contribution in [-0.2, 0) is 4.79 Å². The molecule has 0 bridgehead atoms. The largest absolute Gasteiger partial charge is 0.415 e. The summed E-state index contributed by atoms with van der Waals surface area (Å²) in [6.45, 7) is 0.418. The molecule has 1 fully saturated rings. The highest BCUT2D eigenvalue weighted by Gasteiger charge is 2.37. The van der Waals surface area contributed by atoms with Crippen LogP contribution in [0.1, 0.15) is 6.42 Å². The van der Waals surface area contributed by atoms with E-state index in [1.807, 2.05) is 0 Å². The summed E-state index contributed by atoms with van der Waals surface area (Å²) in [5.74, 6) is -0.956. The number of nitrogens with two attached hydrogens (primary N) is 1. The van der Waals surface area contributed by atoms with Gasteiger partial charge in [-0.25, -0.2) is 9.18 Å². The summed E-state index contributed by atoms with van der Waals surface area (Å²) < 4.78 is 17.8. The number of primary amides is 1. The third kappa shape index (κ3) is 2.35. The number of carbonyl (C=O) groups excluding carboxylic acids is 2. The molecule has 1 unspecified atom stereocenters. The SMILES string of the molecule is NC(=O)C1CCN1C(=O)Oc1cccc(F)c1. The number of ether oxygens (including phenoxy) is 1. The monoisotopic (exact) mass is 238 g/mol. The Morgan fingerprint density at radius 3 is 2.76 bits per heavy atom. The Morgan fingerprint density at radius 2 is 2.24 bits per heavy atom. The molecule has 5 nitrogen and oxygen atoms in total. The van der Waals surface area contributed by atoms with Gasteiger partial charge < -0.3 is 10.5 Å². The van der Waals surface area contributed by atoms with E-state index >= 15 is 0 Å². The van der Waals surface area contributed by atoms with Crippen molar-refractivity contribution < 1.29 is 18.7 Å². The van der Waals surface area contributed by atoms with Crippen LogP contribution in [0.15, 0.2) is 24.3 Å². The van der Waals surface area contributed by atoms with Gasteiger partial charge in [0.05, 0.1) is 0 Å². The third-order valence-electron chi connectivity index (χ3n) is 2.58. The summed E-state index contributed by atoms with van der Waals surface area (Å²) in [6, 6.07) is 4.61. The maximum absolute atomic E-state index is 12.8. The summed E-state index contributed by atoms with van der Waals surface area (Å²) in [5.41, 5.74) is 5.10. The van der Waals surface area contributed by atoms with Crippen LogP contribution in [0, 0.1) is 5.82 Å². The summed E-state index contributed by atoms with van der Waals surface area (Å²) in [5, 5.41) is 0. The quantitative estimate of drug-likeness (QED) is 0.831. The molecule has 1 atom stereocenters. The topological polar surface area (TPSA) is 72.6 Å². The van der Waals surface area contributed by atoms with Crippen molar-refractivity contribution in [2.75, 3.05) is 6.54 Å². The molecular weight excluding hydrogens is 227 g/mol. The van der Waals surface area contributed by atoms with Crippen molar-refractivity contribution in [2.24, 2.45) is 5.73 Å². The Morgan fingerprint density at radius 1 is 1.47 bits per heavy atom. The number of carbonyl (C=O) groups is 2. The standard InChI is InChI=1S/C11H11FN2O3/c12-7-2-1-3-8(6-7)17-11(16)14-5-4-9(14)10(13)15/h1-3,6,9H,4-5H2,(H2,13,15). The molecule has 17 heavy (non-hydrogen) atoms. The number of likely N-dealkylation sites (tertiary alicyclic amines) is 1. The second kappa shape index (κ2) is 4.40. The van der Waals surface area contributed by atoms with E-state index in [2.05, 4.69) is 0 Å². The van der Waals surface area contributed by atoms with Crippen LogP contribution in [0.25, 0.3) is 0 Å². The van der Waals surface area contributed by atoms with Crippen molar-refractivity contribution in [3.8, 4) is 5.75 Å². The molecule has 1 aliphatic heterocycles. The summed E-state index contributed by atoms with van der Waals surface area (Å²) in [6.07, 6.45) is -0.154. The Labute approximate surface area is 97.0 Å². The molecule has 1 heterocycles. The number of hydrogen-bond acceptors (Lipinski definition) is 3. The van der Waals surface area contributed by atoms with Gasteiger partial charge in [-0.05, 0) is 18.6 Å². The van der Waals surface area contributed by atoms with Crippen LogP contribution in [-0.4, -0.2) is 29.5 Å². The van der Waals surface area contributed by atoms with Crippen LogP contribution in [0.5, 0.6) is 5.75 Å². The van der Waals surface area contributed by atoms with E-state index in [1.54, 1.807) is 0 Å². The first kappa shape index (κ1) is 11.4. The zero-order valence-corrected chi connectivity index (χ0v) is 8.93. The molecule has 1 aromatic rings. The van der Waals surface area contributed by atoms with E-state index in [0.29, 0.717) is 13.0 Å². The first-order chi connectivity index (χ1) is 8.08. The number of halogens is 1. The van der Waals surface area contributed by atoms with Crippen LogP contribution in [0.2, 0.25) is 0 Å². The summed E-state index contributed by atoms with van der Waals surface area (Å²) in [4.78, 5) is 23.7. The zero-order chi connectivity index (χ0) is 12.4. The van der Waals surface area contributed by atoms with Crippen molar-refractivity contribution in [1.29, 1.82) is 0 Å². The van der Waals surface area contributed by atoms with E-state index < -0.39 is 23.9 Å². The summed E-state index contributed by atoms with van der Waals surface area (Å²) in [7, 11) is 0. The van der Waals surface area contributed by atoms with Gasteiger partial charge in [0.25, 0.3) is 0 Å². The molecular formula is C11H11FN2O3. The highest BCUT2D eigenvalue weighted by Crippen LogP contribution is 2.20. The van der Waals surface area contributed by atoms with Gasteiger partial charge in [-0.3, -0.25) is 9.69 Å². The number of hydrogen-bond donors (Lipinski definition) is 1. The molecule has 0 saturated carbocycles. The fourth-order valence-electron chi connectivity index (χ4n) is 1.59. The smallest absolute Gasteiger partial charge is 0.410 e. The third-order valence-corrected chi connectivity index (χ3v) is 2.58. The van der Waals surface area contributed by atoms with Gasteiger partial charge in [0.2, 0.25) is 5.91 Å². The van der Waals surface area contributed by atoms with Crippen molar-refractivity contribution in [1.82, 2.24) is 4.90 Å². The highest BCUT2D eigenvalue weighted by atomic mass is 19.1. The minimum Gasteiger partial charge on any atom is -0.410 e. The number of benzene rings is 1. The molecule has 2 rings (SSSR count). The van der Waals surface area contributed by atoms with Gasteiger partial charge >= 0.3 is 6.09 Å². The van der Waals surface area contributed by atoms with Crippen molar-refractivity contribution in [3.05, 3.63) is 30.1 Å². The molecule has 2 amide bonds. The van der Waals surface area contributed by atoms with E-state index in [1.165, 1.54) is 23.1 Å². The number of nitrogens with zero attached hydrogens (tertiary/aromatic N) is 1. The van der Waals surface area contributed by atoms with E-state index in [0.717, 1.165) is 6.07 Å². The van der Waals surface area contributed by atoms with E-state index in [9.17, 15) is 14.0 Å². The second-order valence-electron chi connectivity index (χ2n) is 3.73. The zero-order valence-electron chi connectivity index (χ0n) is 8.93. The fraction of sp³-hybridized carbons (Fsp3) is 0.273. The lowest BCUT2D eigenvalue weighted by Crippen LogP contribution is -2.58. The molecule has 90 valence electrons. The molecule has 1 saturated heterocycles. The Balaban J connectivity index is 2.00. The minimum absolute atomic E-state index is 0.102. The lowest BCUT2D eigenvalue weighted by atomic mass is 10.0. The molecule has 0 radical (unpaired) electrons. The van der Waals surface area contributed by atoms with Crippen molar-refractivity contribution >= 4 is 12.0 Å². The normalized spacial score (nSPS) is 18.4. The van der Waals surface area contributed by atoms with Gasteiger partial charge in [-0.2, -0.15) is 0 Å². The van der Waals surface area contributed by atoms with Crippen LogP contribution in [0.3, 0.4) is 0 Å². The molecule has 0 spiro atoms. The Kier molecular flexibility index (Phi) is 2.95. The van der Waals surface area contributed by atoms with Crippen LogP contribution >= 0.6 is 0 Å². The molecule has 0 aliphatic carbocycles. The molecule has 1 aromatic carbocycles.